The van der Waals surface area contributed by atoms with Crippen molar-refractivity contribution in [3.63, 3.8) is 0 Å². The number of thiazole rings is 1. The van der Waals surface area contributed by atoms with E-state index in [1.807, 2.05) is 6.07 Å². The zero-order chi connectivity index (χ0) is 19.4. The fourth-order valence-corrected chi connectivity index (χ4v) is 4.11. The van der Waals surface area contributed by atoms with Gasteiger partial charge in [0.25, 0.3) is 5.91 Å². The Hall–Kier alpha value is -1.73. The number of halogens is 2. The van der Waals surface area contributed by atoms with Gasteiger partial charge in [0.2, 0.25) is 0 Å². The third-order valence-electron chi connectivity index (χ3n) is 3.92. The number of thiocarbonyl (C=S) groups is 1. The number of benzene rings is 2. The second-order valence-electron chi connectivity index (χ2n) is 5.93. The van der Waals surface area contributed by atoms with Crippen molar-refractivity contribution in [2.45, 2.75) is 26.2 Å². The third-order valence-corrected chi connectivity index (χ3v) is 5.87. The topological polar surface area (TPSA) is 54.0 Å². The Labute approximate surface area is 176 Å². The Morgan fingerprint density at radius 3 is 2.85 bits per heavy atom. The van der Waals surface area contributed by atoms with Crippen LogP contribution in [-0.2, 0) is 6.42 Å². The highest BCUT2D eigenvalue weighted by atomic mass is 35.5. The predicted molar refractivity (Wildman–Crippen MR) is 118 cm³/mol. The summed E-state index contributed by atoms with van der Waals surface area (Å²) in [5.74, 6) is -0.428. The Kier molecular flexibility index (Phi) is 6.65. The average Bonchev–Trinajstić information content (AvgIpc) is 3.03. The van der Waals surface area contributed by atoms with Crippen LogP contribution < -0.4 is 10.6 Å². The maximum absolute atomic E-state index is 12.3. The molecule has 27 heavy (non-hydrogen) atoms. The summed E-state index contributed by atoms with van der Waals surface area (Å²) in [6.45, 7) is 2.18. The molecule has 0 aliphatic carbocycles. The summed E-state index contributed by atoms with van der Waals surface area (Å²) >= 11 is 18.7. The summed E-state index contributed by atoms with van der Waals surface area (Å²) in [5, 5.41) is 6.85. The number of amides is 1. The van der Waals surface area contributed by atoms with E-state index in [1.165, 1.54) is 16.9 Å². The summed E-state index contributed by atoms with van der Waals surface area (Å²) in [7, 11) is 0. The molecule has 3 rings (SSSR count). The molecule has 8 heteroatoms. The highest BCUT2D eigenvalue weighted by molar-refractivity contribution is 7.80. The molecule has 0 atom stereocenters. The first-order chi connectivity index (χ1) is 13.0. The first kappa shape index (κ1) is 20.0. The third kappa shape index (κ3) is 4.96. The van der Waals surface area contributed by atoms with E-state index in [4.69, 9.17) is 35.4 Å². The summed E-state index contributed by atoms with van der Waals surface area (Å²) in [4.78, 5) is 16.8. The van der Waals surface area contributed by atoms with Crippen LogP contribution >= 0.6 is 46.8 Å². The van der Waals surface area contributed by atoms with Gasteiger partial charge in [-0.15, -0.1) is 0 Å². The van der Waals surface area contributed by atoms with E-state index in [-0.39, 0.29) is 15.7 Å². The van der Waals surface area contributed by atoms with Crippen LogP contribution in [-0.4, -0.2) is 16.0 Å². The van der Waals surface area contributed by atoms with Crippen LogP contribution in [0.1, 0.15) is 35.7 Å². The summed E-state index contributed by atoms with van der Waals surface area (Å²) in [6.07, 6.45) is 3.39. The van der Waals surface area contributed by atoms with Crippen molar-refractivity contribution >= 4 is 73.1 Å². The number of aromatic nitrogens is 1. The van der Waals surface area contributed by atoms with Crippen molar-refractivity contribution in [3.8, 4) is 0 Å². The van der Waals surface area contributed by atoms with Gasteiger partial charge in [-0.05, 0) is 54.9 Å². The van der Waals surface area contributed by atoms with Gasteiger partial charge in [-0.3, -0.25) is 10.1 Å². The molecule has 0 unspecified atom stereocenters. The quantitative estimate of drug-likeness (QED) is 0.475. The smallest absolute Gasteiger partial charge is 0.258 e. The van der Waals surface area contributed by atoms with Gasteiger partial charge in [0.15, 0.2) is 10.2 Å². The van der Waals surface area contributed by atoms with E-state index in [2.05, 4.69) is 34.7 Å². The van der Waals surface area contributed by atoms with Gasteiger partial charge in [-0.2, -0.15) is 0 Å². The largest absolute Gasteiger partial charge is 0.308 e. The normalized spacial score (nSPS) is 10.8. The van der Waals surface area contributed by atoms with Crippen molar-refractivity contribution in [3.05, 3.63) is 57.6 Å². The molecule has 0 saturated heterocycles. The fraction of sp³-hybridized carbons (Fsp3) is 0.211. The van der Waals surface area contributed by atoms with E-state index >= 15 is 0 Å². The maximum Gasteiger partial charge on any atom is 0.258 e. The number of nitrogens with zero attached hydrogens (tertiary/aromatic N) is 1. The van der Waals surface area contributed by atoms with Crippen LogP contribution in [0.25, 0.3) is 10.2 Å². The summed E-state index contributed by atoms with van der Waals surface area (Å²) < 4.78 is 1.08. The molecule has 0 spiro atoms. The van der Waals surface area contributed by atoms with Gasteiger partial charge >= 0.3 is 0 Å². The van der Waals surface area contributed by atoms with Crippen LogP contribution in [0.4, 0.5) is 5.13 Å². The van der Waals surface area contributed by atoms with Gasteiger partial charge in [0.05, 0.1) is 25.8 Å². The Morgan fingerprint density at radius 1 is 1.26 bits per heavy atom. The van der Waals surface area contributed by atoms with Crippen molar-refractivity contribution in [1.29, 1.82) is 0 Å². The Bertz CT molecular complexity index is 1000. The molecule has 0 radical (unpaired) electrons. The minimum Gasteiger partial charge on any atom is -0.308 e. The second kappa shape index (κ2) is 8.97. The molecule has 0 fully saturated rings. The van der Waals surface area contributed by atoms with Gasteiger partial charge < -0.3 is 5.32 Å². The SMILES string of the molecule is CCCCc1ccc2nc(NC(=S)NC(=O)c3cccc(Cl)c3Cl)sc2c1. The minimum absolute atomic E-state index is 0.154. The number of aryl methyl sites for hydroxylation is 1. The Balaban J connectivity index is 1.68. The van der Waals surface area contributed by atoms with E-state index < -0.39 is 5.91 Å². The maximum atomic E-state index is 12.3. The highest BCUT2D eigenvalue weighted by Crippen LogP contribution is 2.28. The zero-order valence-corrected chi connectivity index (χ0v) is 17.7. The summed E-state index contributed by atoms with van der Waals surface area (Å²) in [6, 6.07) is 11.1. The van der Waals surface area contributed by atoms with Crippen LogP contribution in [0.5, 0.6) is 0 Å². The summed E-state index contributed by atoms with van der Waals surface area (Å²) in [5.41, 5.74) is 2.46. The predicted octanol–water partition coefficient (Wildman–Crippen LogP) is 6.07. The molecule has 3 aromatic rings. The molecule has 0 bridgehead atoms. The molecule has 2 aromatic carbocycles. The molecular weight excluding hydrogens is 421 g/mol. The number of carbonyl (C=O) groups excluding carboxylic acids is 1. The Morgan fingerprint density at radius 2 is 2.07 bits per heavy atom. The molecular formula is C19H17Cl2N3OS2. The minimum atomic E-state index is -0.428. The number of rotatable bonds is 5. The lowest BCUT2D eigenvalue weighted by Crippen LogP contribution is -2.34. The lowest BCUT2D eigenvalue weighted by atomic mass is 10.1. The molecule has 0 aliphatic rings. The molecule has 1 heterocycles. The van der Waals surface area contributed by atoms with Crippen molar-refractivity contribution in [1.82, 2.24) is 10.3 Å². The molecule has 140 valence electrons. The fourth-order valence-electron chi connectivity index (χ4n) is 2.54. The number of hydrogen-bond donors (Lipinski definition) is 2. The molecule has 2 N–H and O–H groups in total. The van der Waals surface area contributed by atoms with Crippen molar-refractivity contribution in [2.24, 2.45) is 0 Å². The number of hydrogen-bond acceptors (Lipinski definition) is 4. The van der Waals surface area contributed by atoms with Crippen LogP contribution in [0.15, 0.2) is 36.4 Å². The van der Waals surface area contributed by atoms with Crippen molar-refractivity contribution in [2.75, 3.05) is 5.32 Å². The van der Waals surface area contributed by atoms with Crippen molar-refractivity contribution < 1.29 is 4.79 Å². The molecule has 1 aromatic heterocycles. The van der Waals surface area contributed by atoms with E-state index in [1.54, 1.807) is 18.2 Å². The average molecular weight is 438 g/mol. The molecule has 4 nitrogen and oxygen atoms in total. The van der Waals surface area contributed by atoms with Crippen LogP contribution in [0.2, 0.25) is 10.0 Å². The first-order valence-corrected chi connectivity index (χ1v) is 10.4. The number of nitrogens with one attached hydrogen (secondary N) is 2. The van der Waals surface area contributed by atoms with Gasteiger partial charge in [0, 0.05) is 0 Å². The van der Waals surface area contributed by atoms with Gasteiger partial charge in [0.1, 0.15) is 0 Å². The number of carbonyl (C=O) groups is 1. The van der Waals surface area contributed by atoms with Crippen LogP contribution in [0.3, 0.4) is 0 Å². The first-order valence-electron chi connectivity index (χ1n) is 8.43. The van der Waals surface area contributed by atoms with E-state index in [0.29, 0.717) is 10.2 Å². The monoisotopic (exact) mass is 437 g/mol. The lowest BCUT2D eigenvalue weighted by molar-refractivity contribution is 0.0978. The number of fused-ring (bicyclic) bond motifs is 1. The van der Waals surface area contributed by atoms with Crippen LogP contribution in [0, 0.1) is 0 Å². The number of anilines is 1. The zero-order valence-electron chi connectivity index (χ0n) is 14.5. The highest BCUT2D eigenvalue weighted by Gasteiger charge is 2.14. The molecule has 0 aliphatic heterocycles. The van der Waals surface area contributed by atoms with E-state index in [9.17, 15) is 4.79 Å². The standard InChI is InChI=1S/C19H17Cl2N3OS2/c1-2-3-5-11-8-9-14-15(10-11)27-19(22-14)24-18(26)23-17(25)12-6-4-7-13(20)16(12)21/h4,6-10H,2-3,5H2,1H3,(H2,22,23,24,25,26). The van der Waals surface area contributed by atoms with E-state index in [0.717, 1.165) is 29.5 Å². The van der Waals surface area contributed by atoms with Gasteiger partial charge in [-0.1, -0.05) is 60.0 Å². The molecule has 1 amide bonds. The molecule has 0 saturated carbocycles. The number of unbranched alkanes of at least 4 members (excludes halogenated alkanes) is 1. The van der Waals surface area contributed by atoms with Gasteiger partial charge in [-0.25, -0.2) is 4.98 Å². The second-order valence-corrected chi connectivity index (χ2v) is 8.16. The lowest BCUT2D eigenvalue weighted by Gasteiger charge is -2.08.